The molecule has 1 heterocycles. The number of nitrogen functional groups attached to an aromatic ring is 1. The molecule has 122 valence electrons. The zero-order valence-corrected chi connectivity index (χ0v) is 13.3. The summed E-state index contributed by atoms with van der Waals surface area (Å²) in [6, 6.07) is 13.7. The summed E-state index contributed by atoms with van der Waals surface area (Å²) in [5, 5.41) is 0. The van der Waals surface area contributed by atoms with Crippen LogP contribution >= 0.6 is 0 Å². The van der Waals surface area contributed by atoms with E-state index in [1.54, 1.807) is 0 Å². The van der Waals surface area contributed by atoms with E-state index in [0.717, 1.165) is 30.3 Å². The van der Waals surface area contributed by atoms with Gasteiger partial charge in [0.1, 0.15) is 19.8 Å². The van der Waals surface area contributed by atoms with Gasteiger partial charge in [-0.05, 0) is 36.9 Å². The van der Waals surface area contributed by atoms with Crippen molar-refractivity contribution in [3.05, 3.63) is 48.0 Å². The normalized spacial score (nSPS) is 13.1. The molecule has 2 aromatic carbocycles. The fourth-order valence-electron chi connectivity index (χ4n) is 2.55. The molecule has 0 aromatic heterocycles. The molecule has 0 saturated carbocycles. The van der Waals surface area contributed by atoms with Crippen molar-refractivity contribution in [2.24, 2.45) is 0 Å². The smallest absolute Gasteiger partial charge is 0.203 e. The Morgan fingerprint density at radius 1 is 1.13 bits per heavy atom. The van der Waals surface area contributed by atoms with Crippen LogP contribution in [0.5, 0.6) is 17.2 Å². The number of likely N-dealkylation sites (N-methyl/N-ethyl adjacent to an activating group) is 1. The van der Waals surface area contributed by atoms with Gasteiger partial charge in [0, 0.05) is 18.8 Å². The molecule has 0 bridgehead atoms. The average molecular weight is 314 g/mol. The first kappa shape index (κ1) is 15.5. The highest BCUT2D eigenvalue weighted by atomic mass is 16.6. The SMILES string of the molecule is CN(CCOc1cccc2c1OCCO2)Cc1cccc(N)c1. The van der Waals surface area contributed by atoms with Crippen molar-refractivity contribution in [1.82, 2.24) is 4.90 Å². The van der Waals surface area contributed by atoms with Crippen molar-refractivity contribution >= 4 is 5.69 Å². The molecule has 0 unspecified atom stereocenters. The zero-order valence-electron chi connectivity index (χ0n) is 13.3. The Hall–Kier alpha value is -2.40. The molecule has 0 aliphatic carbocycles. The minimum absolute atomic E-state index is 0.558. The minimum atomic E-state index is 0.558. The van der Waals surface area contributed by atoms with Gasteiger partial charge in [0.25, 0.3) is 0 Å². The van der Waals surface area contributed by atoms with Gasteiger partial charge in [0.05, 0.1) is 0 Å². The van der Waals surface area contributed by atoms with Gasteiger partial charge in [0.15, 0.2) is 11.5 Å². The number of nitrogens with zero attached hydrogens (tertiary/aromatic N) is 1. The fraction of sp³-hybridized carbons (Fsp3) is 0.333. The highest BCUT2D eigenvalue weighted by Crippen LogP contribution is 2.38. The first-order chi connectivity index (χ1) is 11.2. The summed E-state index contributed by atoms with van der Waals surface area (Å²) in [5.41, 5.74) is 7.79. The van der Waals surface area contributed by atoms with Crippen molar-refractivity contribution in [3.63, 3.8) is 0 Å². The summed E-state index contributed by atoms with van der Waals surface area (Å²) in [5.74, 6) is 2.19. The van der Waals surface area contributed by atoms with Gasteiger partial charge in [-0.25, -0.2) is 0 Å². The zero-order chi connectivity index (χ0) is 16.1. The van der Waals surface area contributed by atoms with Crippen LogP contribution in [0.2, 0.25) is 0 Å². The summed E-state index contributed by atoms with van der Waals surface area (Å²) >= 11 is 0. The van der Waals surface area contributed by atoms with Crippen LogP contribution in [0.3, 0.4) is 0 Å². The topological polar surface area (TPSA) is 57.0 Å². The maximum absolute atomic E-state index is 5.87. The van der Waals surface area contributed by atoms with E-state index in [1.165, 1.54) is 5.56 Å². The first-order valence-corrected chi connectivity index (χ1v) is 7.77. The van der Waals surface area contributed by atoms with E-state index < -0.39 is 0 Å². The summed E-state index contributed by atoms with van der Waals surface area (Å²) < 4.78 is 17.1. The lowest BCUT2D eigenvalue weighted by Crippen LogP contribution is -2.24. The summed E-state index contributed by atoms with van der Waals surface area (Å²) in [6.45, 7) is 3.36. The number of rotatable bonds is 6. The molecule has 0 saturated heterocycles. The van der Waals surface area contributed by atoms with Crippen LogP contribution in [0.25, 0.3) is 0 Å². The molecule has 5 heteroatoms. The highest BCUT2D eigenvalue weighted by molar-refractivity contribution is 5.51. The Morgan fingerprint density at radius 2 is 1.96 bits per heavy atom. The van der Waals surface area contributed by atoms with Crippen LogP contribution in [0.4, 0.5) is 5.69 Å². The molecule has 0 amide bonds. The lowest BCUT2D eigenvalue weighted by Gasteiger charge is -2.22. The molecule has 2 aromatic rings. The van der Waals surface area contributed by atoms with E-state index in [-0.39, 0.29) is 0 Å². The Labute approximate surface area is 136 Å². The molecule has 0 radical (unpaired) electrons. The third kappa shape index (κ3) is 4.07. The molecule has 0 spiro atoms. The second kappa shape index (κ2) is 7.24. The summed E-state index contributed by atoms with van der Waals surface area (Å²) in [4.78, 5) is 2.20. The second-order valence-corrected chi connectivity index (χ2v) is 5.61. The predicted octanol–water partition coefficient (Wildman–Crippen LogP) is 2.55. The maximum Gasteiger partial charge on any atom is 0.203 e. The average Bonchev–Trinajstić information content (AvgIpc) is 2.55. The number of anilines is 1. The maximum atomic E-state index is 5.87. The van der Waals surface area contributed by atoms with E-state index in [1.807, 2.05) is 36.4 Å². The summed E-state index contributed by atoms with van der Waals surface area (Å²) in [7, 11) is 2.06. The van der Waals surface area contributed by atoms with Crippen LogP contribution in [0.1, 0.15) is 5.56 Å². The monoisotopic (exact) mass is 314 g/mol. The molecule has 2 N–H and O–H groups in total. The van der Waals surface area contributed by atoms with E-state index in [9.17, 15) is 0 Å². The lowest BCUT2D eigenvalue weighted by molar-refractivity contribution is 0.158. The molecule has 3 rings (SSSR count). The number of hydrogen-bond donors (Lipinski definition) is 1. The van der Waals surface area contributed by atoms with Crippen LogP contribution in [-0.4, -0.2) is 38.3 Å². The Balaban J connectivity index is 1.51. The van der Waals surface area contributed by atoms with Crippen molar-refractivity contribution < 1.29 is 14.2 Å². The summed E-state index contributed by atoms with van der Waals surface area (Å²) in [6.07, 6.45) is 0. The number of hydrogen-bond acceptors (Lipinski definition) is 5. The molecule has 1 aliphatic heterocycles. The predicted molar refractivity (Wildman–Crippen MR) is 90.1 cm³/mol. The van der Waals surface area contributed by atoms with Crippen LogP contribution in [0, 0.1) is 0 Å². The molecule has 23 heavy (non-hydrogen) atoms. The van der Waals surface area contributed by atoms with Gasteiger partial charge >= 0.3 is 0 Å². The van der Waals surface area contributed by atoms with Gasteiger partial charge < -0.3 is 19.9 Å². The number of ether oxygens (including phenoxy) is 3. The van der Waals surface area contributed by atoms with Crippen molar-refractivity contribution in [2.45, 2.75) is 6.54 Å². The van der Waals surface area contributed by atoms with Gasteiger partial charge in [0.2, 0.25) is 5.75 Å². The third-order valence-corrected chi connectivity index (χ3v) is 3.66. The Morgan fingerprint density at radius 3 is 2.83 bits per heavy atom. The molecule has 1 aliphatic rings. The van der Waals surface area contributed by atoms with Crippen molar-refractivity contribution in [3.8, 4) is 17.2 Å². The van der Waals surface area contributed by atoms with Crippen molar-refractivity contribution in [1.29, 1.82) is 0 Å². The van der Waals surface area contributed by atoms with E-state index >= 15 is 0 Å². The van der Waals surface area contributed by atoms with Gasteiger partial charge in [-0.3, -0.25) is 4.90 Å². The standard InChI is InChI=1S/C18H22N2O3/c1-20(13-14-4-2-5-15(19)12-14)8-9-21-16-6-3-7-17-18(16)23-11-10-22-17/h2-7,12H,8-11,13,19H2,1H3. The quantitative estimate of drug-likeness (QED) is 0.831. The van der Waals surface area contributed by atoms with Crippen LogP contribution in [-0.2, 0) is 6.54 Å². The molecule has 0 fully saturated rings. The van der Waals surface area contributed by atoms with E-state index in [4.69, 9.17) is 19.9 Å². The van der Waals surface area contributed by atoms with E-state index in [0.29, 0.717) is 25.6 Å². The molecule has 5 nitrogen and oxygen atoms in total. The number of fused-ring (bicyclic) bond motifs is 1. The third-order valence-electron chi connectivity index (χ3n) is 3.66. The first-order valence-electron chi connectivity index (χ1n) is 7.77. The number of para-hydroxylation sites is 1. The van der Waals surface area contributed by atoms with Crippen molar-refractivity contribution in [2.75, 3.05) is 39.1 Å². The number of nitrogens with two attached hydrogens (primary N) is 1. The Bertz CT molecular complexity index is 660. The molecular weight excluding hydrogens is 292 g/mol. The molecular formula is C18H22N2O3. The van der Waals surface area contributed by atoms with E-state index in [2.05, 4.69) is 18.0 Å². The molecule has 0 atom stereocenters. The minimum Gasteiger partial charge on any atom is -0.488 e. The highest BCUT2D eigenvalue weighted by Gasteiger charge is 2.16. The largest absolute Gasteiger partial charge is 0.488 e. The van der Waals surface area contributed by atoms with Gasteiger partial charge in [-0.2, -0.15) is 0 Å². The van der Waals surface area contributed by atoms with Gasteiger partial charge in [-0.1, -0.05) is 18.2 Å². The van der Waals surface area contributed by atoms with Crippen LogP contribution in [0.15, 0.2) is 42.5 Å². The van der Waals surface area contributed by atoms with Gasteiger partial charge in [-0.15, -0.1) is 0 Å². The lowest BCUT2D eigenvalue weighted by atomic mass is 10.2. The number of benzene rings is 2. The fourth-order valence-corrected chi connectivity index (χ4v) is 2.55. The second-order valence-electron chi connectivity index (χ2n) is 5.61. The van der Waals surface area contributed by atoms with Crippen LogP contribution < -0.4 is 19.9 Å². The Kier molecular flexibility index (Phi) is 4.88.